The molecule has 238 valence electrons. The van der Waals surface area contributed by atoms with Crippen LogP contribution in [0.5, 0.6) is 0 Å². The van der Waals surface area contributed by atoms with E-state index in [0.717, 1.165) is 81.3 Å². The molecule has 1 saturated heterocycles. The summed E-state index contributed by atoms with van der Waals surface area (Å²) in [5.41, 5.74) is 7.66. The Balaban J connectivity index is 1.47. The highest BCUT2D eigenvalue weighted by Gasteiger charge is 2.37. The van der Waals surface area contributed by atoms with Crippen LogP contribution in [-0.2, 0) is 16.2 Å². The van der Waals surface area contributed by atoms with E-state index in [1.54, 1.807) is 0 Å². The van der Waals surface area contributed by atoms with E-state index in [1.165, 1.54) is 0 Å². The third-order valence-corrected chi connectivity index (χ3v) is 14.1. The zero-order valence-corrected chi connectivity index (χ0v) is 29.0. The third kappa shape index (κ3) is 5.66. The van der Waals surface area contributed by atoms with E-state index >= 15 is 0 Å². The van der Waals surface area contributed by atoms with E-state index in [2.05, 4.69) is 64.1 Å². The minimum Gasteiger partial charge on any atom is -0.415 e. The number of benzene rings is 1. The summed E-state index contributed by atoms with van der Waals surface area (Å²) in [5.74, 6) is 0. The monoisotopic (exact) mass is 627 g/mol. The van der Waals surface area contributed by atoms with Crippen molar-refractivity contribution in [2.24, 2.45) is 7.05 Å². The van der Waals surface area contributed by atoms with Gasteiger partial charge in [-0.25, -0.2) is 4.68 Å². The number of carbonyl (C=O) groups is 1. The van der Waals surface area contributed by atoms with E-state index < -0.39 is 8.32 Å². The average Bonchev–Trinajstić information content (AvgIpc) is 3.68. The molecule has 1 aromatic carbocycles. The van der Waals surface area contributed by atoms with Crippen molar-refractivity contribution in [2.75, 3.05) is 13.2 Å². The van der Waals surface area contributed by atoms with E-state index in [4.69, 9.17) is 24.3 Å². The lowest BCUT2D eigenvalue weighted by atomic mass is 10.0. The van der Waals surface area contributed by atoms with Crippen molar-refractivity contribution in [3.8, 4) is 22.5 Å². The van der Waals surface area contributed by atoms with Gasteiger partial charge >= 0.3 is 0 Å². The second-order valence-electron chi connectivity index (χ2n) is 14.0. The SMILES string of the molecule is Cc1nn(C)cc1-c1cc2c(-c3ccc4c(c3)c(C=O)nn4[C@@H](C)CO[Si](C)(C)C(C)(C)C)nn(C3CCCCO3)c2c(C)n1. The van der Waals surface area contributed by atoms with Crippen LogP contribution in [0.25, 0.3) is 44.3 Å². The van der Waals surface area contributed by atoms with Crippen LogP contribution in [0.4, 0.5) is 0 Å². The van der Waals surface area contributed by atoms with Gasteiger partial charge in [-0.05, 0) is 76.4 Å². The second kappa shape index (κ2) is 11.6. The Morgan fingerprint density at radius 2 is 1.87 bits per heavy atom. The van der Waals surface area contributed by atoms with Gasteiger partial charge in [-0.1, -0.05) is 26.8 Å². The second-order valence-corrected chi connectivity index (χ2v) is 18.8. The standard InChI is InChI=1S/C34H45N7O3Si/c1-21(20-44-45(8,9)34(4,5)6)40-30-14-13-24(16-25(30)29(19-42)37-40)32-26-17-28(27-18-39(7)36-22(27)2)35-23(3)33(26)41(38-32)31-12-10-11-15-43-31/h13-14,16-19,21,31H,10-12,15,20H2,1-9H3/t21-,31?/m0/s1. The number of aryl methyl sites for hydroxylation is 3. The first kappa shape index (κ1) is 31.3. The lowest BCUT2D eigenvalue weighted by Crippen LogP contribution is -2.42. The molecule has 1 aliphatic heterocycles. The first-order chi connectivity index (χ1) is 21.3. The Kier molecular flexibility index (Phi) is 8.07. The van der Waals surface area contributed by atoms with E-state index in [9.17, 15) is 4.79 Å². The van der Waals surface area contributed by atoms with Crippen molar-refractivity contribution in [2.45, 2.75) is 91.2 Å². The first-order valence-corrected chi connectivity index (χ1v) is 18.8. The molecule has 0 spiro atoms. The summed E-state index contributed by atoms with van der Waals surface area (Å²) >= 11 is 0. The highest BCUT2D eigenvalue weighted by atomic mass is 28.4. The predicted molar refractivity (Wildman–Crippen MR) is 180 cm³/mol. The maximum Gasteiger partial charge on any atom is 0.192 e. The molecule has 1 fully saturated rings. The lowest BCUT2D eigenvalue weighted by Gasteiger charge is -2.37. The van der Waals surface area contributed by atoms with Crippen LogP contribution in [0.15, 0.2) is 30.5 Å². The zero-order valence-electron chi connectivity index (χ0n) is 28.0. The molecule has 11 heteroatoms. The van der Waals surface area contributed by atoms with Gasteiger partial charge in [0.2, 0.25) is 0 Å². The van der Waals surface area contributed by atoms with Crippen molar-refractivity contribution in [3.05, 3.63) is 47.5 Å². The molecule has 0 saturated carbocycles. The highest BCUT2D eigenvalue weighted by Crippen LogP contribution is 2.39. The van der Waals surface area contributed by atoms with Gasteiger partial charge in [-0.3, -0.25) is 19.1 Å². The molecule has 5 heterocycles. The van der Waals surface area contributed by atoms with Crippen LogP contribution in [0.2, 0.25) is 18.1 Å². The van der Waals surface area contributed by atoms with Crippen molar-refractivity contribution < 1.29 is 14.0 Å². The summed E-state index contributed by atoms with van der Waals surface area (Å²) in [5, 5.41) is 16.4. The van der Waals surface area contributed by atoms with Gasteiger partial charge < -0.3 is 9.16 Å². The van der Waals surface area contributed by atoms with Crippen molar-refractivity contribution in [1.29, 1.82) is 0 Å². The zero-order chi connectivity index (χ0) is 32.3. The van der Waals surface area contributed by atoms with Gasteiger partial charge in [0.1, 0.15) is 11.4 Å². The maximum absolute atomic E-state index is 12.3. The molecular formula is C34H45N7O3Si. The largest absolute Gasteiger partial charge is 0.415 e. The maximum atomic E-state index is 12.3. The fourth-order valence-electron chi connectivity index (χ4n) is 6.03. The molecule has 1 aliphatic rings. The summed E-state index contributed by atoms with van der Waals surface area (Å²) in [6, 6.07) is 8.25. The van der Waals surface area contributed by atoms with Crippen LogP contribution in [0.3, 0.4) is 0 Å². The Bertz CT molecular complexity index is 1890. The van der Waals surface area contributed by atoms with Gasteiger partial charge in [-0.15, -0.1) is 0 Å². The summed E-state index contributed by atoms with van der Waals surface area (Å²) in [7, 11) is -0.0163. The quantitative estimate of drug-likeness (QED) is 0.129. The van der Waals surface area contributed by atoms with Gasteiger partial charge in [0.25, 0.3) is 0 Å². The fourth-order valence-corrected chi connectivity index (χ4v) is 7.12. The number of rotatable bonds is 8. The van der Waals surface area contributed by atoms with Gasteiger partial charge in [-0.2, -0.15) is 15.3 Å². The molecule has 10 nitrogen and oxygen atoms in total. The summed E-state index contributed by atoms with van der Waals surface area (Å²) in [4.78, 5) is 17.3. The summed E-state index contributed by atoms with van der Waals surface area (Å²) in [6.45, 7) is 18.6. The van der Waals surface area contributed by atoms with Crippen LogP contribution >= 0.6 is 0 Å². The third-order valence-electron chi connectivity index (χ3n) is 9.61. The molecule has 1 unspecified atom stereocenters. The van der Waals surface area contributed by atoms with Crippen LogP contribution in [0.1, 0.15) is 81.1 Å². The normalized spacial score (nSPS) is 17.0. The van der Waals surface area contributed by atoms with Crippen molar-refractivity contribution in [3.63, 3.8) is 0 Å². The van der Waals surface area contributed by atoms with E-state index in [1.807, 2.05) is 47.2 Å². The smallest absolute Gasteiger partial charge is 0.192 e. The molecule has 0 aliphatic carbocycles. The molecule has 0 N–H and O–H groups in total. The Morgan fingerprint density at radius 3 is 2.51 bits per heavy atom. The molecule has 5 aromatic rings. The topological polar surface area (TPSA) is 102 Å². The van der Waals surface area contributed by atoms with Crippen LogP contribution < -0.4 is 0 Å². The average molecular weight is 628 g/mol. The molecule has 6 rings (SSSR count). The number of aromatic nitrogens is 7. The van der Waals surface area contributed by atoms with Crippen LogP contribution in [-0.4, -0.2) is 62.1 Å². The molecular weight excluding hydrogens is 583 g/mol. The van der Waals surface area contributed by atoms with Crippen LogP contribution in [0, 0.1) is 13.8 Å². The number of nitrogens with zero attached hydrogens (tertiary/aromatic N) is 7. The molecule has 0 amide bonds. The number of hydrogen-bond donors (Lipinski definition) is 0. The molecule has 45 heavy (non-hydrogen) atoms. The number of pyridine rings is 1. The van der Waals surface area contributed by atoms with E-state index in [-0.39, 0.29) is 17.3 Å². The minimum atomic E-state index is -1.94. The van der Waals surface area contributed by atoms with Crippen molar-refractivity contribution in [1.82, 2.24) is 34.3 Å². The van der Waals surface area contributed by atoms with Gasteiger partial charge in [0.15, 0.2) is 20.8 Å². The molecule has 2 atom stereocenters. The Labute approximate surface area is 265 Å². The molecule has 0 radical (unpaired) electrons. The highest BCUT2D eigenvalue weighted by molar-refractivity contribution is 6.74. The number of hydrogen-bond acceptors (Lipinski definition) is 7. The van der Waals surface area contributed by atoms with E-state index in [0.29, 0.717) is 18.9 Å². The van der Waals surface area contributed by atoms with Gasteiger partial charge in [0, 0.05) is 41.8 Å². The lowest BCUT2D eigenvalue weighted by molar-refractivity contribution is -0.0366. The van der Waals surface area contributed by atoms with Crippen molar-refractivity contribution >= 4 is 36.4 Å². The molecule has 4 aromatic heterocycles. The number of aldehydes is 1. The number of carbonyl (C=O) groups excluding carboxylic acids is 1. The minimum absolute atomic E-state index is 0.0383. The van der Waals surface area contributed by atoms with Gasteiger partial charge in [0.05, 0.1) is 40.8 Å². The summed E-state index contributed by atoms with van der Waals surface area (Å²) in [6.07, 6.45) is 5.73. The number of ether oxygens (including phenoxy) is 1. The Morgan fingerprint density at radius 1 is 1.09 bits per heavy atom. The fraction of sp³-hybridized carbons (Fsp3) is 0.500. The first-order valence-electron chi connectivity index (χ1n) is 15.9. The predicted octanol–water partition coefficient (Wildman–Crippen LogP) is 7.56. The Hall–Kier alpha value is -3.67. The summed E-state index contributed by atoms with van der Waals surface area (Å²) < 4.78 is 18.5. The number of fused-ring (bicyclic) bond motifs is 2. The molecule has 0 bridgehead atoms.